The van der Waals surface area contributed by atoms with E-state index in [-0.39, 0.29) is 24.0 Å². The van der Waals surface area contributed by atoms with Crippen LogP contribution >= 0.6 is 0 Å². The monoisotopic (exact) mass is 311 g/mol. The molecule has 0 saturated carbocycles. The van der Waals surface area contributed by atoms with E-state index in [0.717, 1.165) is 23.3 Å². The van der Waals surface area contributed by atoms with Gasteiger partial charge < -0.3 is 9.47 Å². The van der Waals surface area contributed by atoms with Crippen molar-refractivity contribution in [3.8, 4) is 5.75 Å². The summed E-state index contributed by atoms with van der Waals surface area (Å²) in [4.78, 5) is 12.2. The number of benzene rings is 2. The van der Waals surface area contributed by atoms with Crippen molar-refractivity contribution in [3.05, 3.63) is 65.7 Å². The summed E-state index contributed by atoms with van der Waals surface area (Å²) < 4.78 is 10.2. The van der Waals surface area contributed by atoms with Crippen molar-refractivity contribution < 1.29 is 14.3 Å². The largest absolute Gasteiger partial charge is 0.497 e. The predicted molar refractivity (Wildman–Crippen MR) is 88.5 cm³/mol. The highest BCUT2D eigenvalue weighted by atomic mass is 16.5. The van der Waals surface area contributed by atoms with Gasteiger partial charge >= 0.3 is 5.97 Å². The number of hydrogen-bond acceptors (Lipinski definition) is 4. The molecule has 0 amide bonds. The molecule has 1 saturated heterocycles. The Labute approximate surface area is 136 Å². The van der Waals surface area contributed by atoms with Crippen LogP contribution in [-0.2, 0) is 9.53 Å². The van der Waals surface area contributed by atoms with Crippen LogP contribution in [-0.4, -0.2) is 26.2 Å². The zero-order valence-corrected chi connectivity index (χ0v) is 13.4. The first-order valence-corrected chi connectivity index (χ1v) is 7.75. The minimum atomic E-state index is -0.325. The molecule has 1 N–H and O–H groups in total. The van der Waals surface area contributed by atoms with Gasteiger partial charge in [-0.3, -0.25) is 10.1 Å². The first-order valence-electron chi connectivity index (χ1n) is 7.75. The SMILES string of the molecule is COC(=O)C1NC(c2ccc(OC)cc2)C[C@H]1c1ccccc1. The Morgan fingerprint density at radius 1 is 1.00 bits per heavy atom. The summed E-state index contributed by atoms with van der Waals surface area (Å²) in [5.41, 5.74) is 2.31. The Morgan fingerprint density at radius 2 is 1.70 bits per heavy atom. The Bertz CT molecular complexity index is 654. The Hall–Kier alpha value is -2.33. The summed E-state index contributed by atoms with van der Waals surface area (Å²) in [6.07, 6.45) is 0.857. The second-order valence-corrected chi connectivity index (χ2v) is 5.75. The van der Waals surface area contributed by atoms with E-state index < -0.39 is 0 Å². The summed E-state index contributed by atoms with van der Waals surface area (Å²) in [5.74, 6) is 0.724. The van der Waals surface area contributed by atoms with Gasteiger partial charge in [-0.05, 0) is 29.7 Å². The van der Waals surface area contributed by atoms with E-state index in [2.05, 4.69) is 17.4 Å². The van der Waals surface area contributed by atoms with E-state index in [4.69, 9.17) is 9.47 Å². The molecule has 120 valence electrons. The average Bonchev–Trinajstić information content (AvgIpc) is 3.07. The van der Waals surface area contributed by atoms with Gasteiger partial charge in [0.2, 0.25) is 0 Å². The molecule has 0 bridgehead atoms. The molecule has 0 spiro atoms. The zero-order valence-electron chi connectivity index (χ0n) is 13.4. The van der Waals surface area contributed by atoms with Crippen LogP contribution in [0.1, 0.15) is 29.5 Å². The van der Waals surface area contributed by atoms with Crippen LogP contribution in [0.3, 0.4) is 0 Å². The molecular formula is C19H21NO3. The molecule has 2 aromatic rings. The van der Waals surface area contributed by atoms with Crippen molar-refractivity contribution in [2.75, 3.05) is 14.2 Å². The van der Waals surface area contributed by atoms with Crippen LogP contribution in [0.5, 0.6) is 5.75 Å². The highest BCUT2D eigenvalue weighted by molar-refractivity contribution is 5.77. The minimum absolute atomic E-state index is 0.107. The Kier molecular flexibility index (Phi) is 4.63. The van der Waals surface area contributed by atoms with Gasteiger partial charge in [-0.2, -0.15) is 0 Å². The maximum Gasteiger partial charge on any atom is 0.323 e. The molecule has 3 rings (SSSR count). The van der Waals surface area contributed by atoms with E-state index in [1.165, 1.54) is 7.11 Å². The van der Waals surface area contributed by atoms with Crippen molar-refractivity contribution in [3.63, 3.8) is 0 Å². The van der Waals surface area contributed by atoms with Gasteiger partial charge in [-0.25, -0.2) is 0 Å². The van der Waals surface area contributed by atoms with Crippen LogP contribution in [0.4, 0.5) is 0 Å². The third-order valence-electron chi connectivity index (χ3n) is 4.47. The highest BCUT2D eigenvalue weighted by Crippen LogP contribution is 2.38. The normalized spacial score (nSPS) is 23.5. The maximum absolute atomic E-state index is 12.2. The molecule has 1 aliphatic rings. The number of esters is 1. The molecule has 2 unspecified atom stereocenters. The fourth-order valence-electron chi connectivity index (χ4n) is 3.25. The third kappa shape index (κ3) is 3.22. The van der Waals surface area contributed by atoms with Crippen LogP contribution in [0.15, 0.2) is 54.6 Å². The van der Waals surface area contributed by atoms with Crippen LogP contribution in [0, 0.1) is 0 Å². The second-order valence-electron chi connectivity index (χ2n) is 5.75. The summed E-state index contributed by atoms with van der Waals surface area (Å²) in [6, 6.07) is 17.9. The molecule has 1 aliphatic heterocycles. The fourth-order valence-corrected chi connectivity index (χ4v) is 3.25. The van der Waals surface area contributed by atoms with E-state index >= 15 is 0 Å². The number of carbonyl (C=O) groups excluding carboxylic acids is 1. The minimum Gasteiger partial charge on any atom is -0.497 e. The quantitative estimate of drug-likeness (QED) is 0.882. The lowest BCUT2D eigenvalue weighted by Gasteiger charge is -2.17. The number of rotatable bonds is 4. The number of nitrogens with one attached hydrogen (secondary N) is 1. The van der Waals surface area contributed by atoms with Crippen LogP contribution < -0.4 is 10.1 Å². The van der Waals surface area contributed by atoms with E-state index in [9.17, 15) is 4.79 Å². The third-order valence-corrected chi connectivity index (χ3v) is 4.47. The lowest BCUT2D eigenvalue weighted by atomic mass is 9.89. The van der Waals surface area contributed by atoms with Crippen molar-refractivity contribution in [2.24, 2.45) is 0 Å². The van der Waals surface area contributed by atoms with Gasteiger partial charge in [-0.1, -0.05) is 42.5 Å². The van der Waals surface area contributed by atoms with Gasteiger partial charge in [0.05, 0.1) is 14.2 Å². The lowest BCUT2D eigenvalue weighted by molar-refractivity contribution is -0.143. The van der Waals surface area contributed by atoms with Crippen molar-refractivity contribution >= 4 is 5.97 Å². The zero-order chi connectivity index (χ0) is 16.2. The van der Waals surface area contributed by atoms with E-state index in [1.54, 1.807) is 7.11 Å². The molecule has 3 atom stereocenters. The first-order chi connectivity index (χ1) is 11.2. The van der Waals surface area contributed by atoms with Gasteiger partial charge in [0.1, 0.15) is 11.8 Å². The smallest absolute Gasteiger partial charge is 0.323 e. The van der Waals surface area contributed by atoms with Gasteiger partial charge in [0, 0.05) is 12.0 Å². The van der Waals surface area contributed by atoms with Crippen LogP contribution in [0.25, 0.3) is 0 Å². The number of hydrogen-bond donors (Lipinski definition) is 1. The Balaban J connectivity index is 1.86. The highest BCUT2D eigenvalue weighted by Gasteiger charge is 2.40. The first kappa shape index (κ1) is 15.6. The number of ether oxygens (including phenoxy) is 2. The summed E-state index contributed by atoms with van der Waals surface area (Å²) in [5, 5.41) is 3.43. The van der Waals surface area contributed by atoms with E-state index in [1.807, 2.05) is 42.5 Å². The predicted octanol–water partition coefficient (Wildman–Crippen LogP) is 3.06. The van der Waals surface area contributed by atoms with Crippen molar-refractivity contribution in [1.82, 2.24) is 5.32 Å². The summed E-state index contributed by atoms with van der Waals surface area (Å²) in [6.45, 7) is 0. The van der Waals surface area contributed by atoms with Crippen LogP contribution in [0.2, 0.25) is 0 Å². The molecule has 1 fully saturated rings. The van der Waals surface area contributed by atoms with Gasteiger partial charge in [0.15, 0.2) is 0 Å². The molecular weight excluding hydrogens is 290 g/mol. The summed E-state index contributed by atoms with van der Waals surface area (Å²) in [7, 11) is 3.09. The second kappa shape index (κ2) is 6.84. The van der Waals surface area contributed by atoms with E-state index in [0.29, 0.717) is 0 Å². The molecule has 0 aliphatic carbocycles. The summed E-state index contributed by atoms with van der Waals surface area (Å²) >= 11 is 0. The average molecular weight is 311 g/mol. The van der Waals surface area contributed by atoms with Crippen molar-refractivity contribution in [2.45, 2.75) is 24.4 Å². The molecule has 23 heavy (non-hydrogen) atoms. The molecule has 4 nitrogen and oxygen atoms in total. The topological polar surface area (TPSA) is 47.6 Å². The number of methoxy groups -OCH3 is 2. The standard InChI is InChI=1S/C19H21NO3/c1-22-15-10-8-14(9-11-15)17-12-16(13-6-4-3-5-7-13)18(20-17)19(21)23-2/h3-11,16-18,20H,12H2,1-2H3/t16-,17?,18?/m0/s1. The molecule has 0 aromatic heterocycles. The Morgan fingerprint density at radius 3 is 2.30 bits per heavy atom. The molecule has 0 radical (unpaired) electrons. The fraction of sp³-hybridized carbons (Fsp3) is 0.316. The molecule has 1 heterocycles. The molecule has 2 aromatic carbocycles. The maximum atomic E-state index is 12.2. The molecule has 4 heteroatoms. The lowest BCUT2D eigenvalue weighted by Crippen LogP contribution is -2.36. The van der Waals surface area contributed by atoms with Gasteiger partial charge in [-0.15, -0.1) is 0 Å². The van der Waals surface area contributed by atoms with Crippen molar-refractivity contribution in [1.29, 1.82) is 0 Å². The number of carbonyl (C=O) groups is 1. The van der Waals surface area contributed by atoms with Gasteiger partial charge in [0.25, 0.3) is 0 Å².